The molecule has 0 spiro atoms. The zero-order valence-electron chi connectivity index (χ0n) is 11.7. The third-order valence-electron chi connectivity index (χ3n) is 2.99. The monoisotopic (exact) mass is 280 g/mol. The lowest BCUT2D eigenvalue weighted by atomic mass is 9.93. The van der Waals surface area contributed by atoms with E-state index in [1.54, 1.807) is 6.07 Å². The van der Waals surface area contributed by atoms with Gasteiger partial charge in [0.25, 0.3) is 0 Å². The summed E-state index contributed by atoms with van der Waals surface area (Å²) in [7, 11) is 0. The molecule has 0 amide bonds. The Labute approximate surface area is 118 Å². The van der Waals surface area contributed by atoms with Gasteiger partial charge in [-0.25, -0.2) is 0 Å². The maximum absolute atomic E-state index is 12.0. The molecule has 1 aliphatic heterocycles. The summed E-state index contributed by atoms with van der Waals surface area (Å²) in [6.45, 7) is 4.55. The van der Waals surface area contributed by atoms with Crippen LogP contribution in [0, 0.1) is 0 Å². The zero-order chi connectivity index (χ0) is 13.9. The predicted octanol–water partition coefficient (Wildman–Crippen LogP) is 3.56. The van der Waals surface area contributed by atoms with E-state index in [2.05, 4.69) is 6.26 Å². The lowest BCUT2D eigenvalue weighted by Crippen LogP contribution is -2.35. The number of thioether (sulfide) groups is 1. The smallest absolute Gasteiger partial charge is 0.170 e. The molecular formula is C15H20O3S. The number of fused-ring (bicyclic) bond motifs is 1. The molecule has 1 aromatic carbocycles. The highest BCUT2D eigenvalue weighted by atomic mass is 32.2. The summed E-state index contributed by atoms with van der Waals surface area (Å²) in [6, 6.07) is 5.47. The highest BCUT2D eigenvalue weighted by molar-refractivity contribution is 7.98. The van der Waals surface area contributed by atoms with Crippen molar-refractivity contribution in [2.24, 2.45) is 0 Å². The third-order valence-corrected chi connectivity index (χ3v) is 3.68. The summed E-state index contributed by atoms with van der Waals surface area (Å²) in [5.74, 6) is 2.64. The molecule has 4 heteroatoms. The van der Waals surface area contributed by atoms with Crippen LogP contribution in [0.2, 0.25) is 0 Å². The first kappa shape index (κ1) is 14.3. The highest BCUT2D eigenvalue weighted by Crippen LogP contribution is 2.35. The number of ketones is 1. The molecule has 0 fully saturated rings. The Hall–Kier alpha value is -1.16. The Kier molecular flexibility index (Phi) is 4.40. The fourth-order valence-electron chi connectivity index (χ4n) is 2.12. The molecule has 0 saturated carbocycles. The van der Waals surface area contributed by atoms with Gasteiger partial charge in [0, 0.05) is 6.07 Å². The van der Waals surface area contributed by atoms with Crippen molar-refractivity contribution in [2.75, 3.05) is 18.6 Å². The minimum Gasteiger partial charge on any atom is -0.493 e. The minimum absolute atomic E-state index is 0.139. The van der Waals surface area contributed by atoms with Crippen molar-refractivity contribution in [1.29, 1.82) is 0 Å². The molecule has 0 bridgehead atoms. The second-order valence-electron chi connectivity index (χ2n) is 5.31. The van der Waals surface area contributed by atoms with Gasteiger partial charge in [0.2, 0.25) is 0 Å². The maximum atomic E-state index is 12.0. The number of hydrogen-bond donors (Lipinski definition) is 0. The molecule has 0 aliphatic carbocycles. The molecule has 1 heterocycles. The zero-order valence-corrected chi connectivity index (χ0v) is 12.5. The van der Waals surface area contributed by atoms with Crippen molar-refractivity contribution in [3.63, 3.8) is 0 Å². The molecule has 19 heavy (non-hydrogen) atoms. The molecule has 0 atom stereocenters. The largest absolute Gasteiger partial charge is 0.493 e. The van der Waals surface area contributed by atoms with E-state index in [4.69, 9.17) is 9.47 Å². The van der Waals surface area contributed by atoms with E-state index < -0.39 is 5.60 Å². The average molecular weight is 280 g/mol. The summed E-state index contributed by atoms with van der Waals surface area (Å²) in [6.07, 6.45) is 3.53. The van der Waals surface area contributed by atoms with Crippen LogP contribution < -0.4 is 9.47 Å². The van der Waals surface area contributed by atoms with Crippen LogP contribution in [0.4, 0.5) is 0 Å². The van der Waals surface area contributed by atoms with E-state index in [-0.39, 0.29) is 5.78 Å². The summed E-state index contributed by atoms with van der Waals surface area (Å²) in [5, 5.41) is 0. The second kappa shape index (κ2) is 5.87. The average Bonchev–Trinajstić information content (AvgIpc) is 2.32. The normalized spacial score (nSPS) is 16.7. The van der Waals surface area contributed by atoms with E-state index >= 15 is 0 Å². The second-order valence-corrected chi connectivity index (χ2v) is 6.30. The molecule has 1 aliphatic rings. The van der Waals surface area contributed by atoms with Crippen molar-refractivity contribution < 1.29 is 14.3 Å². The number of benzene rings is 1. The summed E-state index contributed by atoms with van der Waals surface area (Å²) in [4.78, 5) is 12.0. The van der Waals surface area contributed by atoms with Gasteiger partial charge in [-0.05, 0) is 44.4 Å². The maximum Gasteiger partial charge on any atom is 0.170 e. The summed E-state index contributed by atoms with van der Waals surface area (Å²) >= 11 is 1.81. The van der Waals surface area contributed by atoms with Crippen molar-refractivity contribution >= 4 is 17.5 Å². The van der Waals surface area contributed by atoms with Crippen LogP contribution in [0.5, 0.6) is 11.5 Å². The van der Waals surface area contributed by atoms with Crippen LogP contribution in [0.25, 0.3) is 0 Å². The van der Waals surface area contributed by atoms with Gasteiger partial charge in [0.05, 0.1) is 18.6 Å². The fraction of sp³-hybridized carbons (Fsp3) is 0.533. The van der Waals surface area contributed by atoms with Gasteiger partial charge in [-0.3, -0.25) is 4.79 Å². The van der Waals surface area contributed by atoms with Crippen molar-refractivity contribution in [2.45, 2.75) is 32.3 Å². The molecule has 2 rings (SSSR count). The van der Waals surface area contributed by atoms with Gasteiger partial charge in [-0.15, -0.1) is 0 Å². The van der Waals surface area contributed by atoms with E-state index in [0.717, 1.165) is 17.9 Å². The fourth-order valence-corrected chi connectivity index (χ4v) is 2.52. The molecule has 0 N–H and O–H groups in total. The molecule has 0 aromatic heterocycles. The number of Topliss-reactive ketones (excluding diaryl/α,β-unsaturated/α-hetero) is 1. The third kappa shape index (κ3) is 3.66. The molecule has 0 unspecified atom stereocenters. The molecular weight excluding hydrogens is 260 g/mol. The standard InChI is InChI=1S/C15H20O3S/c1-15(2)10-13(16)12-6-5-11(9-14(12)18-15)17-7-4-8-19-3/h5-6,9H,4,7-8,10H2,1-3H3. The lowest BCUT2D eigenvalue weighted by molar-refractivity contribution is 0.0618. The molecule has 3 nitrogen and oxygen atoms in total. The quantitative estimate of drug-likeness (QED) is 0.773. The molecule has 0 radical (unpaired) electrons. The summed E-state index contributed by atoms with van der Waals surface area (Å²) < 4.78 is 11.5. The van der Waals surface area contributed by atoms with Gasteiger partial charge in [0.1, 0.15) is 17.1 Å². The number of carbonyl (C=O) groups excluding carboxylic acids is 1. The predicted molar refractivity (Wildman–Crippen MR) is 78.6 cm³/mol. The topological polar surface area (TPSA) is 35.5 Å². The Morgan fingerprint density at radius 2 is 2.21 bits per heavy atom. The number of carbonyl (C=O) groups is 1. The first-order chi connectivity index (χ1) is 9.02. The van der Waals surface area contributed by atoms with Crippen molar-refractivity contribution in [3.05, 3.63) is 23.8 Å². The van der Waals surface area contributed by atoms with Crippen LogP contribution in [0.3, 0.4) is 0 Å². The van der Waals surface area contributed by atoms with E-state index in [1.165, 1.54) is 0 Å². The van der Waals surface area contributed by atoms with Gasteiger partial charge >= 0.3 is 0 Å². The number of hydrogen-bond acceptors (Lipinski definition) is 4. The van der Waals surface area contributed by atoms with Crippen LogP contribution in [-0.2, 0) is 0 Å². The first-order valence-corrected chi connectivity index (χ1v) is 7.89. The van der Waals surface area contributed by atoms with Gasteiger partial charge < -0.3 is 9.47 Å². The van der Waals surface area contributed by atoms with Gasteiger partial charge in [-0.2, -0.15) is 11.8 Å². The van der Waals surface area contributed by atoms with Crippen LogP contribution >= 0.6 is 11.8 Å². The van der Waals surface area contributed by atoms with Crippen LogP contribution in [0.1, 0.15) is 37.0 Å². The van der Waals surface area contributed by atoms with Gasteiger partial charge in [-0.1, -0.05) is 0 Å². The SMILES string of the molecule is CSCCCOc1ccc2c(c1)OC(C)(C)CC2=O. The Morgan fingerprint density at radius 3 is 2.95 bits per heavy atom. The van der Waals surface area contributed by atoms with E-state index in [9.17, 15) is 4.79 Å². The molecule has 1 aromatic rings. The Bertz CT molecular complexity index is 468. The molecule has 104 valence electrons. The Balaban J connectivity index is 2.08. The van der Waals surface area contributed by atoms with Crippen LogP contribution in [-0.4, -0.2) is 30.0 Å². The van der Waals surface area contributed by atoms with E-state index in [1.807, 2.05) is 37.7 Å². The number of rotatable bonds is 5. The van der Waals surface area contributed by atoms with Crippen LogP contribution in [0.15, 0.2) is 18.2 Å². The molecule has 0 saturated heterocycles. The lowest BCUT2D eigenvalue weighted by Gasteiger charge is -2.31. The highest BCUT2D eigenvalue weighted by Gasteiger charge is 2.32. The minimum atomic E-state index is -0.429. The summed E-state index contributed by atoms with van der Waals surface area (Å²) in [5.41, 5.74) is 0.234. The first-order valence-electron chi connectivity index (χ1n) is 6.50. The van der Waals surface area contributed by atoms with Crippen molar-refractivity contribution in [3.8, 4) is 11.5 Å². The Morgan fingerprint density at radius 1 is 1.42 bits per heavy atom. The van der Waals surface area contributed by atoms with E-state index in [0.29, 0.717) is 24.3 Å². The number of ether oxygens (including phenoxy) is 2. The van der Waals surface area contributed by atoms with Gasteiger partial charge in [0.15, 0.2) is 5.78 Å². The van der Waals surface area contributed by atoms with Crippen molar-refractivity contribution in [1.82, 2.24) is 0 Å².